The molecule has 0 saturated carbocycles. The first kappa shape index (κ1) is 15.1. The van der Waals surface area contributed by atoms with Crippen molar-refractivity contribution in [1.82, 2.24) is 0 Å². The minimum absolute atomic E-state index is 0.0927. The van der Waals surface area contributed by atoms with E-state index in [0.717, 1.165) is 0 Å². The average molecular weight is 326 g/mol. The molecule has 108 valence electrons. The van der Waals surface area contributed by atoms with Gasteiger partial charge in [0.2, 0.25) is 0 Å². The molecule has 0 radical (unpaired) electrons. The van der Waals surface area contributed by atoms with Gasteiger partial charge in [0.25, 0.3) is 11.6 Å². The van der Waals surface area contributed by atoms with E-state index in [1.54, 1.807) is 12.1 Å². The van der Waals surface area contributed by atoms with Crippen LogP contribution >= 0.6 is 23.2 Å². The van der Waals surface area contributed by atoms with Crippen molar-refractivity contribution in [2.24, 2.45) is 0 Å². The highest BCUT2D eigenvalue weighted by molar-refractivity contribution is 6.35. The molecule has 0 aliphatic rings. The number of hydrogen-bond acceptors (Lipinski definition) is 4. The van der Waals surface area contributed by atoms with Crippen LogP contribution in [0.1, 0.15) is 10.4 Å². The van der Waals surface area contributed by atoms with Crippen LogP contribution in [0.5, 0.6) is 0 Å². The largest absolute Gasteiger partial charge is 0.393 e. The molecule has 2 aromatic rings. The number of halogens is 2. The molecule has 0 heterocycles. The van der Waals surface area contributed by atoms with Crippen LogP contribution in [0.15, 0.2) is 36.4 Å². The van der Waals surface area contributed by atoms with Gasteiger partial charge in [-0.1, -0.05) is 23.2 Å². The fraction of sp³-hybridized carbons (Fsp3) is 0. The molecular weight excluding hydrogens is 317 g/mol. The van der Waals surface area contributed by atoms with Crippen LogP contribution in [0.3, 0.4) is 0 Å². The van der Waals surface area contributed by atoms with Crippen molar-refractivity contribution >= 4 is 46.2 Å². The lowest BCUT2D eigenvalue weighted by Crippen LogP contribution is -2.13. The number of nitrogens with zero attached hydrogens (tertiary/aromatic N) is 1. The van der Waals surface area contributed by atoms with Gasteiger partial charge < -0.3 is 11.1 Å². The van der Waals surface area contributed by atoms with Crippen molar-refractivity contribution in [1.29, 1.82) is 0 Å². The molecule has 0 atom stereocenters. The molecule has 0 aromatic heterocycles. The van der Waals surface area contributed by atoms with Gasteiger partial charge in [-0.2, -0.15) is 0 Å². The number of nitro groups is 1. The van der Waals surface area contributed by atoms with Crippen LogP contribution < -0.4 is 11.1 Å². The van der Waals surface area contributed by atoms with Gasteiger partial charge >= 0.3 is 0 Å². The van der Waals surface area contributed by atoms with Gasteiger partial charge in [0.15, 0.2) is 0 Å². The summed E-state index contributed by atoms with van der Waals surface area (Å²) in [6, 6.07) is 8.33. The minimum Gasteiger partial charge on any atom is -0.393 e. The summed E-state index contributed by atoms with van der Waals surface area (Å²) in [5.74, 6) is -0.499. The Morgan fingerprint density at radius 3 is 2.52 bits per heavy atom. The van der Waals surface area contributed by atoms with Gasteiger partial charge in [-0.25, -0.2) is 0 Å². The fourth-order valence-electron chi connectivity index (χ4n) is 1.65. The van der Waals surface area contributed by atoms with Crippen molar-refractivity contribution in [3.8, 4) is 0 Å². The summed E-state index contributed by atoms with van der Waals surface area (Å²) in [6.07, 6.45) is 0. The summed E-state index contributed by atoms with van der Waals surface area (Å²) >= 11 is 11.8. The summed E-state index contributed by atoms with van der Waals surface area (Å²) in [5, 5.41) is 14.0. The zero-order valence-electron chi connectivity index (χ0n) is 10.5. The molecule has 21 heavy (non-hydrogen) atoms. The summed E-state index contributed by atoms with van der Waals surface area (Å²) in [6.45, 7) is 0. The molecular formula is C13H9Cl2N3O3. The third kappa shape index (κ3) is 3.42. The number of hydrogen-bond donors (Lipinski definition) is 2. The summed E-state index contributed by atoms with van der Waals surface area (Å²) in [7, 11) is 0. The molecule has 0 unspecified atom stereocenters. The number of amides is 1. The van der Waals surface area contributed by atoms with E-state index in [-0.39, 0.29) is 16.9 Å². The topological polar surface area (TPSA) is 98.3 Å². The summed E-state index contributed by atoms with van der Waals surface area (Å²) in [5.41, 5.74) is 5.70. The Balaban J connectivity index is 2.26. The summed E-state index contributed by atoms with van der Waals surface area (Å²) < 4.78 is 0. The molecule has 3 N–H and O–H groups in total. The highest BCUT2D eigenvalue weighted by Gasteiger charge is 2.15. The lowest BCUT2D eigenvalue weighted by atomic mass is 10.1. The maximum absolute atomic E-state index is 12.1. The SMILES string of the molecule is Nc1cc(C(=O)Nc2cc(Cl)ccc2Cl)ccc1[N+](=O)[O-]. The number of rotatable bonds is 3. The second-order valence-electron chi connectivity index (χ2n) is 4.11. The molecule has 0 saturated heterocycles. The summed E-state index contributed by atoms with van der Waals surface area (Å²) in [4.78, 5) is 22.1. The molecule has 0 bridgehead atoms. The van der Waals surface area contributed by atoms with Gasteiger partial charge in [-0.3, -0.25) is 14.9 Å². The normalized spacial score (nSPS) is 10.2. The van der Waals surface area contributed by atoms with E-state index in [0.29, 0.717) is 15.7 Å². The quantitative estimate of drug-likeness (QED) is 0.510. The second-order valence-corrected chi connectivity index (χ2v) is 4.95. The van der Waals surface area contributed by atoms with Crippen molar-refractivity contribution in [3.63, 3.8) is 0 Å². The maximum Gasteiger partial charge on any atom is 0.292 e. The van der Waals surface area contributed by atoms with Gasteiger partial charge in [0.05, 0.1) is 15.6 Å². The number of carbonyl (C=O) groups is 1. The predicted molar refractivity (Wildman–Crippen MR) is 81.9 cm³/mol. The average Bonchev–Trinajstić information content (AvgIpc) is 2.42. The van der Waals surface area contributed by atoms with Crippen molar-refractivity contribution < 1.29 is 9.72 Å². The monoisotopic (exact) mass is 325 g/mol. The zero-order valence-corrected chi connectivity index (χ0v) is 12.0. The van der Waals surface area contributed by atoms with E-state index >= 15 is 0 Å². The van der Waals surface area contributed by atoms with Crippen molar-refractivity contribution in [3.05, 3.63) is 62.1 Å². The van der Waals surface area contributed by atoms with E-state index in [1.165, 1.54) is 24.3 Å². The molecule has 8 heteroatoms. The first-order valence-corrected chi connectivity index (χ1v) is 6.44. The standard InChI is InChI=1S/C13H9Cl2N3O3/c14-8-2-3-9(15)11(6-8)17-13(19)7-1-4-12(18(20)21)10(16)5-7/h1-6H,16H2,(H,17,19). The number of carbonyl (C=O) groups excluding carboxylic acids is 1. The van der Waals surface area contributed by atoms with Gasteiger partial charge in [0, 0.05) is 16.7 Å². The number of nitro benzene ring substituents is 1. The van der Waals surface area contributed by atoms with Crippen LogP contribution in [0.4, 0.5) is 17.1 Å². The Hall–Kier alpha value is -2.31. The van der Waals surface area contributed by atoms with E-state index in [4.69, 9.17) is 28.9 Å². The van der Waals surface area contributed by atoms with Crippen LogP contribution in [-0.4, -0.2) is 10.8 Å². The molecule has 0 aliphatic heterocycles. The number of nitrogens with two attached hydrogens (primary N) is 1. The Morgan fingerprint density at radius 1 is 1.19 bits per heavy atom. The molecule has 0 spiro atoms. The Kier molecular flexibility index (Phi) is 4.30. The second kappa shape index (κ2) is 5.99. The first-order chi connectivity index (χ1) is 9.88. The van der Waals surface area contributed by atoms with Crippen molar-refractivity contribution in [2.45, 2.75) is 0 Å². The van der Waals surface area contributed by atoms with Gasteiger partial charge in [-0.15, -0.1) is 0 Å². The molecule has 1 amide bonds. The van der Waals surface area contributed by atoms with E-state index in [9.17, 15) is 14.9 Å². The third-order valence-corrected chi connectivity index (χ3v) is 3.23. The van der Waals surface area contributed by atoms with Crippen molar-refractivity contribution in [2.75, 3.05) is 11.1 Å². The van der Waals surface area contributed by atoms with Crippen LogP contribution in [0.2, 0.25) is 10.0 Å². The minimum atomic E-state index is -0.620. The number of benzene rings is 2. The lowest BCUT2D eigenvalue weighted by molar-refractivity contribution is -0.383. The van der Waals surface area contributed by atoms with E-state index < -0.39 is 10.8 Å². The predicted octanol–water partition coefficient (Wildman–Crippen LogP) is 3.74. The van der Waals surface area contributed by atoms with Crippen LogP contribution in [0.25, 0.3) is 0 Å². The highest BCUT2D eigenvalue weighted by atomic mass is 35.5. The molecule has 2 rings (SSSR count). The Bertz CT molecular complexity index is 735. The number of nitrogens with one attached hydrogen (secondary N) is 1. The lowest BCUT2D eigenvalue weighted by Gasteiger charge is -2.08. The Labute approximate surface area is 129 Å². The third-order valence-electron chi connectivity index (χ3n) is 2.66. The van der Waals surface area contributed by atoms with Crippen LogP contribution in [-0.2, 0) is 0 Å². The molecule has 2 aromatic carbocycles. The maximum atomic E-state index is 12.1. The van der Waals surface area contributed by atoms with Gasteiger partial charge in [0.1, 0.15) is 5.69 Å². The van der Waals surface area contributed by atoms with E-state index in [2.05, 4.69) is 5.32 Å². The van der Waals surface area contributed by atoms with Crippen LogP contribution in [0, 0.1) is 10.1 Å². The number of anilines is 2. The first-order valence-electron chi connectivity index (χ1n) is 5.69. The fourth-order valence-corrected chi connectivity index (χ4v) is 1.99. The molecule has 0 aliphatic carbocycles. The van der Waals surface area contributed by atoms with Gasteiger partial charge in [-0.05, 0) is 30.3 Å². The smallest absolute Gasteiger partial charge is 0.292 e. The number of nitrogen functional groups attached to an aromatic ring is 1. The van der Waals surface area contributed by atoms with E-state index in [1.807, 2.05) is 0 Å². The molecule has 6 nitrogen and oxygen atoms in total. The highest BCUT2D eigenvalue weighted by Crippen LogP contribution is 2.27. The zero-order chi connectivity index (χ0) is 15.6. The Morgan fingerprint density at radius 2 is 1.90 bits per heavy atom. The molecule has 0 fully saturated rings.